The molecule has 0 fully saturated rings. The number of benzene rings is 2. The number of rotatable bonds is 2. The Balaban J connectivity index is 1.81. The van der Waals surface area contributed by atoms with Crippen LogP contribution in [0.1, 0.15) is 0 Å². The van der Waals surface area contributed by atoms with Gasteiger partial charge >= 0.3 is 6.09 Å². The quantitative estimate of drug-likeness (QED) is 0.709. The van der Waals surface area contributed by atoms with Crippen LogP contribution in [0.15, 0.2) is 60.7 Å². The van der Waals surface area contributed by atoms with Gasteiger partial charge in [-0.3, -0.25) is 5.32 Å². The monoisotopic (exact) mass is 298 g/mol. The molecule has 0 saturated heterocycles. The Kier molecular flexibility index (Phi) is 3.71. The minimum Gasteiger partial charge on any atom is -0.410 e. The molecule has 21 heavy (non-hydrogen) atoms. The Morgan fingerprint density at radius 2 is 1.76 bits per heavy atom. The molecule has 5 heteroatoms. The standard InChI is InChI=1S/C16H11ClN2O2/c17-15-14(10-11-6-4-5-9-13(11)18-15)19-16(20)21-12-7-2-1-3-8-12/h1-10H,(H,19,20). The van der Waals surface area contributed by atoms with Crippen molar-refractivity contribution in [1.29, 1.82) is 0 Å². The lowest BCUT2D eigenvalue weighted by molar-refractivity contribution is 0.215. The second-order valence-electron chi connectivity index (χ2n) is 4.35. The van der Waals surface area contributed by atoms with Gasteiger partial charge in [0.25, 0.3) is 0 Å². The van der Waals surface area contributed by atoms with Crippen molar-refractivity contribution in [2.75, 3.05) is 5.32 Å². The first-order valence-electron chi connectivity index (χ1n) is 6.31. The topological polar surface area (TPSA) is 51.2 Å². The SMILES string of the molecule is O=C(Nc1cc2ccccc2nc1Cl)Oc1ccccc1. The zero-order valence-electron chi connectivity index (χ0n) is 10.9. The van der Waals surface area contributed by atoms with E-state index in [0.29, 0.717) is 11.4 Å². The summed E-state index contributed by atoms with van der Waals surface area (Å²) in [4.78, 5) is 16.1. The van der Waals surface area contributed by atoms with E-state index in [-0.39, 0.29) is 5.15 Å². The largest absolute Gasteiger partial charge is 0.417 e. The van der Waals surface area contributed by atoms with E-state index < -0.39 is 6.09 Å². The summed E-state index contributed by atoms with van der Waals surface area (Å²) in [6.07, 6.45) is -0.611. The highest BCUT2D eigenvalue weighted by atomic mass is 35.5. The number of nitrogens with one attached hydrogen (secondary N) is 1. The van der Waals surface area contributed by atoms with Crippen LogP contribution in [0.2, 0.25) is 5.15 Å². The minimum absolute atomic E-state index is 0.221. The number of fused-ring (bicyclic) bond motifs is 1. The van der Waals surface area contributed by atoms with Gasteiger partial charge in [-0.15, -0.1) is 0 Å². The van der Waals surface area contributed by atoms with Crippen LogP contribution in [-0.4, -0.2) is 11.1 Å². The number of para-hydroxylation sites is 2. The average molecular weight is 299 g/mol. The number of nitrogens with zero attached hydrogens (tertiary/aromatic N) is 1. The minimum atomic E-state index is -0.611. The Morgan fingerprint density at radius 3 is 2.57 bits per heavy atom. The van der Waals surface area contributed by atoms with Crippen LogP contribution < -0.4 is 10.1 Å². The molecule has 0 unspecified atom stereocenters. The maximum Gasteiger partial charge on any atom is 0.417 e. The number of anilines is 1. The predicted molar refractivity (Wildman–Crippen MR) is 82.8 cm³/mol. The summed E-state index contributed by atoms with van der Waals surface area (Å²) in [6, 6.07) is 18.1. The van der Waals surface area contributed by atoms with Crippen molar-refractivity contribution < 1.29 is 9.53 Å². The van der Waals surface area contributed by atoms with Gasteiger partial charge in [-0.1, -0.05) is 48.0 Å². The van der Waals surface area contributed by atoms with E-state index >= 15 is 0 Å². The first-order chi connectivity index (χ1) is 10.2. The molecule has 0 spiro atoms. The van der Waals surface area contributed by atoms with E-state index in [1.54, 1.807) is 30.3 Å². The number of hydrogen-bond donors (Lipinski definition) is 1. The molecule has 0 aliphatic rings. The third kappa shape index (κ3) is 3.12. The molecule has 0 saturated carbocycles. The summed E-state index contributed by atoms with van der Waals surface area (Å²) >= 11 is 6.07. The molecule has 0 aliphatic heterocycles. The van der Waals surface area contributed by atoms with E-state index in [1.807, 2.05) is 30.3 Å². The van der Waals surface area contributed by atoms with Gasteiger partial charge in [0, 0.05) is 5.39 Å². The van der Waals surface area contributed by atoms with E-state index in [4.69, 9.17) is 16.3 Å². The summed E-state index contributed by atoms with van der Waals surface area (Å²) in [5, 5.41) is 3.70. The van der Waals surface area contributed by atoms with Gasteiger partial charge in [0.15, 0.2) is 5.15 Å². The van der Waals surface area contributed by atoms with Crippen LogP contribution in [0.4, 0.5) is 10.5 Å². The molecule has 1 aromatic heterocycles. The number of halogens is 1. The highest BCUT2D eigenvalue weighted by Crippen LogP contribution is 2.25. The van der Waals surface area contributed by atoms with Crippen molar-refractivity contribution in [3.05, 3.63) is 65.8 Å². The Bertz CT molecular complexity index is 791. The first-order valence-corrected chi connectivity index (χ1v) is 6.69. The van der Waals surface area contributed by atoms with Gasteiger partial charge in [0.1, 0.15) is 5.75 Å². The highest BCUT2D eigenvalue weighted by molar-refractivity contribution is 6.33. The lowest BCUT2D eigenvalue weighted by Gasteiger charge is -2.08. The zero-order valence-corrected chi connectivity index (χ0v) is 11.7. The maximum atomic E-state index is 11.9. The number of carbonyl (C=O) groups excluding carboxylic acids is 1. The normalized spacial score (nSPS) is 10.3. The van der Waals surface area contributed by atoms with Crippen LogP contribution in [0, 0.1) is 0 Å². The molecule has 2 aromatic carbocycles. The fourth-order valence-corrected chi connectivity index (χ4v) is 2.10. The van der Waals surface area contributed by atoms with Crippen molar-refractivity contribution in [1.82, 2.24) is 4.98 Å². The summed E-state index contributed by atoms with van der Waals surface area (Å²) in [7, 11) is 0. The van der Waals surface area contributed by atoms with Gasteiger partial charge in [-0.25, -0.2) is 9.78 Å². The van der Waals surface area contributed by atoms with Crippen molar-refractivity contribution >= 4 is 34.3 Å². The molecule has 1 heterocycles. The van der Waals surface area contributed by atoms with Gasteiger partial charge in [-0.2, -0.15) is 0 Å². The van der Waals surface area contributed by atoms with Crippen molar-refractivity contribution in [3.8, 4) is 5.75 Å². The summed E-state index contributed by atoms with van der Waals surface area (Å²) in [5.41, 5.74) is 1.18. The smallest absolute Gasteiger partial charge is 0.410 e. The van der Waals surface area contributed by atoms with Crippen molar-refractivity contribution in [2.24, 2.45) is 0 Å². The number of aromatic nitrogens is 1. The number of pyridine rings is 1. The number of hydrogen-bond acceptors (Lipinski definition) is 3. The maximum absolute atomic E-state index is 11.9. The van der Waals surface area contributed by atoms with Crippen LogP contribution in [-0.2, 0) is 0 Å². The average Bonchev–Trinajstić information content (AvgIpc) is 2.49. The van der Waals surface area contributed by atoms with Crippen LogP contribution in [0.5, 0.6) is 5.75 Å². The molecule has 1 amide bonds. The Labute approximate surface area is 126 Å². The lowest BCUT2D eigenvalue weighted by atomic mass is 10.2. The van der Waals surface area contributed by atoms with Gasteiger partial charge in [0.05, 0.1) is 11.2 Å². The third-order valence-corrected chi connectivity index (χ3v) is 3.16. The molecule has 3 rings (SSSR count). The summed E-state index contributed by atoms with van der Waals surface area (Å²) in [5.74, 6) is 0.458. The number of carbonyl (C=O) groups is 1. The third-order valence-electron chi connectivity index (χ3n) is 2.87. The van der Waals surface area contributed by atoms with E-state index in [9.17, 15) is 4.79 Å². The molecule has 0 bridgehead atoms. The highest BCUT2D eigenvalue weighted by Gasteiger charge is 2.10. The van der Waals surface area contributed by atoms with Gasteiger partial charge in [0.2, 0.25) is 0 Å². The van der Waals surface area contributed by atoms with Gasteiger partial charge in [-0.05, 0) is 24.3 Å². The molecular weight excluding hydrogens is 288 g/mol. The predicted octanol–water partition coefficient (Wildman–Crippen LogP) is 4.50. The molecule has 0 atom stereocenters. The van der Waals surface area contributed by atoms with Crippen LogP contribution >= 0.6 is 11.6 Å². The fourth-order valence-electron chi connectivity index (χ4n) is 1.91. The Hall–Kier alpha value is -2.59. The van der Waals surface area contributed by atoms with Crippen LogP contribution in [0.3, 0.4) is 0 Å². The Morgan fingerprint density at radius 1 is 1.05 bits per heavy atom. The molecule has 0 aliphatic carbocycles. The molecule has 104 valence electrons. The second kappa shape index (κ2) is 5.81. The first kappa shape index (κ1) is 13.4. The molecule has 1 N–H and O–H groups in total. The number of ether oxygens (including phenoxy) is 1. The molecule has 3 aromatic rings. The summed E-state index contributed by atoms with van der Waals surface area (Å²) < 4.78 is 5.15. The van der Waals surface area contributed by atoms with Crippen molar-refractivity contribution in [3.63, 3.8) is 0 Å². The second-order valence-corrected chi connectivity index (χ2v) is 4.71. The van der Waals surface area contributed by atoms with E-state index in [1.165, 1.54) is 0 Å². The molecule has 4 nitrogen and oxygen atoms in total. The van der Waals surface area contributed by atoms with Crippen molar-refractivity contribution in [2.45, 2.75) is 0 Å². The zero-order chi connectivity index (χ0) is 14.7. The van der Waals surface area contributed by atoms with E-state index in [0.717, 1.165) is 10.9 Å². The number of amides is 1. The van der Waals surface area contributed by atoms with Crippen LogP contribution in [0.25, 0.3) is 10.9 Å². The molecular formula is C16H11ClN2O2. The van der Waals surface area contributed by atoms with Gasteiger partial charge < -0.3 is 4.74 Å². The fraction of sp³-hybridized carbons (Fsp3) is 0. The molecule has 0 radical (unpaired) electrons. The summed E-state index contributed by atoms with van der Waals surface area (Å²) in [6.45, 7) is 0. The van der Waals surface area contributed by atoms with E-state index in [2.05, 4.69) is 10.3 Å². The lowest BCUT2D eigenvalue weighted by Crippen LogP contribution is -2.17.